The van der Waals surface area contributed by atoms with Gasteiger partial charge in [-0.05, 0) is 31.2 Å². The average molecular weight is 212 g/mol. The molecule has 2 rings (SSSR count). The fourth-order valence-electron chi connectivity index (χ4n) is 2.03. The Kier molecular flexibility index (Phi) is 3.61. The predicted molar refractivity (Wildman–Crippen MR) is 64.4 cm³/mol. The van der Waals surface area contributed by atoms with Crippen LogP contribution in [0.3, 0.4) is 0 Å². The van der Waals surface area contributed by atoms with Crippen LogP contribution in [0.2, 0.25) is 0 Å². The maximum atomic E-state index is 9.01. The van der Waals surface area contributed by atoms with E-state index in [0.717, 1.165) is 37.1 Å². The lowest BCUT2D eigenvalue weighted by Gasteiger charge is -2.17. The Morgan fingerprint density at radius 2 is 1.88 bits per heavy atom. The van der Waals surface area contributed by atoms with Crippen LogP contribution in [0.4, 0.5) is 0 Å². The third kappa shape index (κ3) is 2.64. The lowest BCUT2D eigenvalue weighted by atomic mass is 9.97. The van der Waals surface area contributed by atoms with E-state index in [9.17, 15) is 0 Å². The number of nitrogens with one attached hydrogen (secondary N) is 1. The molecule has 82 valence electrons. The highest BCUT2D eigenvalue weighted by Gasteiger charge is 2.11. The molecule has 1 aliphatic carbocycles. The van der Waals surface area contributed by atoms with E-state index >= 15 is 0 Å². The van der Waals surface area contributed by atoms with E-state index in [1.165, 1.54) is 12.0 Å². The first-order valence-corrected chi connectivity index (χ1v) is 5.80. The van der Waals surface area contributed by atoms with Gasteiger partial charge in [-0.1, -0.05) is 30.3 Å². The van der Waals surface area contributed by atoms with Gasteiger partial charge in [0.2, 0.25) is 0 Å². The summed E-state index contributed by atoms with van der Waals surface area (Å²) in [5, 5.41) is 12.4. The van der Waals surface area contributed by atoms with Crippen LogP contribution in [-0.4, -0.2) is 0 Å². The fraction of sp³-hybridized carbons (Fsp3) is 0.357. The number of benzene rings is 1. The van der Waals surface area contributed by atoms with Gasteiger partial charge in [-0.2, -0.15) is 5.26 Å². The minimum atomic E-state index is 0.821. The van der Waals surface area contributed by atoms with Gasteiger partial charge >= 0.3 is 0 Å². The monoisotopic (exact) mass is 212 g/mol. The maximum absolute atomic E-state index is 9.01. The van der Waals surface area contributed by atoms with Gasteiger partial charge in [0.05, 0.1) is 6.07 Å². The Hall–Kier alpha value is -1.75. The van der Waals surface area contributed by atoms with Gasteiger partial charge in [0.1, 0.15) is 0 Å². The molecule has 0 amide bonds. The van der Waals surface area contributed by atoms with Crippen molar-refractivity contribution in [2.45, 2.75) is 32.2 Å². The van der Waals surface area contributed by atoms with E-state index in [2.05, 4.69) is 23.5 Å². The van der Waals surface area contributed by atoms with Crippen molar-refractivity contribution in [2.24, 2.45) is 0 Å². The summed E-state index contributed by atoms with van der Waals surface area (Å²) in [6, 6.07) is 12.6. The van der Waals surface area contributed by atoms with E-state index in [1.807, 2.05) is 18.2 Å². The van der Waals surface area contributed by atoms with Gasteiger partial charge in [0.15, 0.2) is 0 Å². The number of allylic oxidation sites excluding steroid dienone is 2. The summed E-state index contributed by atoms with van der Waals surface area (Å²) < 4.78 is 0. The second-order valence-electron chi connectivity index (χ2n) is 4.12. The molecule has 0 saturated heterocycles. The van der Waals surface area contributed by atoms with Crippen molar-refractivity contribution in [1.82, 2.24) is 5.32 Å². The number of rotatable bonds is 3. The molecule has 0 heterocycles. The van der Waals surface area contributed by atoms with Crippen molar-refractivity contribution in [3.63, 3.8) is 0 Å². The molecule has 0 saturated carbocycles. The SMILES string of the molecule is N#CC1=C(NCc2ccccc2)CCCC1. The zero-order valence-electron chi connectivity index (χ0n) is 9.37. The van der Waals surface area contributed by atoms with Gasteiger partial charge in [0, 0.05) is 17.8 Å². The second kappa shape index (κ2) is 5.37. The smallest absolute Gasteiger partial charge is 0.0965 e. The molecule has 2 heteroatoms. The minimum Gasteiger partial charge on any atom is -0.383 e. The molecule has 1 aromatic carbocycles. The van der Waals surface area contributed by atoms with Gasteiger partial charge in [0.25, 0.3) is 0 Å². The molecule has 16 heavy (non-hydrogen) atoms. The maximum Gasteiger partial charge on any atom is 0.0965 e. The van der Waals surface area contributed by atoms with Crippen molar-refractivity contribution < 1.29 is 0 Å². The Morgan fingerprint density at radius 3 is 2.62 bits per heavy atom. The first-order valence-electron chi connectivity index (χ1n) is 5.80. The van der Waals surface area contributed by atoms with Gasteiger partial charge in [-0.15, -0.1) is 0 Å². The fourth-order valence-corrected chi connectivity index (χ4v) is 2.03. The number of hydrogen-bond acceptors (Lipinski definition) is 2. The molecule has 0 atom stereocenters. The van der Waals surface area contributed by atoms with Crippen molar-refractivity contribution >= 4 is 0 Å². The van der Waals surface area contributed by atoms with Crippen molar-refractivity contribution in [1.29, 1.82) is 5.26 Å². The first kappa shape index (κ1) is 10.8. The van der Waals surface area contributed by atoms with E-state index in [4.69, 9.17) is 5.26 Å². The molecule has 0 fully saturated rings. The number of nitrogens with zero attached hydrogens (tertiary/aromatic N) is 1. The summed E-state index contributed by atoms with van der Waals surface area (Å²) in [6.45, 7) is 0.821. The van der Waals surface area contributed by atoms with Crippen LogP contribution in [0.5, 0.6) is 0 Å². The third-order valence-corrected chi connectivity index (χ3v) is 2.95. The van der Waals surface area contributed by atoms with E-state index in [-0.39, 0.29) is 0 Å². The molecule has 0 unspecified atom stereocenters. The van der Waals surface area contributed by atoms with Crippen LogP contribution in [0, 0.1) is 11.3 Å². The topological polar surface area (TPSA) is 35.8 Å². The standard InChI is InChI=1S/C14H16N2/c15-10-13-8-4-5-9-14(13)16-11-12-6-2-1-3-7-12/h1-3,6-7,16H,4-5,8-9,11H2. The van der Waals surface area contributed by atoms with Crippen LogP contribution >= 0.6 is 0 Å². The second-order valence-corrected chi connectivity index (χ2v) is 4.12. The van der Waals surface area contributed by atoms with Crippen molar-refractivity contribution in [3.05, 3.63) is 47.2 Å². The van der Waals surface area contributed by atoms with Gasteiger partial charge < -0.3 is 5.32 Å². The summed E-state index contributed by atoms with van der Waals surface area (Å²) in [7, 11) is 0. The first-order chi connectivity index (χ1) is 7.90. The zero-order chi connectivity index (χ0) is 11.2. The average Bonchev–Trinajstić information content (AvgIpc) is 2.38. The molecule has 0 aromatic heterocycles. The van der Waals surface area contributed by atoms with E-state index in [0.29, 0.717) is 0 Å². The highest BCUT2D eigenvalue weighted by Crippen LogP contribution is 2.22. The summed E-state index contributed by atoms with van der Waals surface area (Å²) in [4.78, 5) is 0. The lowest BCUT2D eigenvalue weighted by molar-refractivity contribution is 0.625. The molecular weight excluding hydrogens is 196 g/mol. The molecule has 0 spiro atoms. The Morgan fingerprint density at radius 1 is 1.12 bits per heavy atom. The van der Waals surface area contributed by atoms with Crippen LogP contribution < -0.4 is 5.32 Å². The van der Waals surface area contributed by atoms with Crippen molar-refractivity contribution in [3.8, 4) is 6.07 Å². The summed E-state index contributed by atoms with van der Waals surface area (Å²) in [5.41, 5.74) is 3.36. The van der Waals surface area contributed by atoms with Gasteiger partial charge in [-0.3, -0.25) is 0 Å². The Bertz CT molecular complexity index is 412. The molecule has 1 aliphatic rings. The summed E-state index contributed by atoms with van der Waals surface area (Å²) in [6.07, 6.45) is 4.31. The van der Waals surface area contributed by atoms with Crippen LogP contribution in [0.1, 0.15) is 31.2 Å². The summed E-state index contributed by atoms with van der Waals surface area (Å²) in [5.74, 6) is 0. The van der Waals surface area contributed by atoms with E-state index < -0.39 is 0 Å². The molecule has 2 nitrogen and oxygen atoms in total. The molecule has 0 aliphatic heterocycles. The largest absolute Gasteiger partial charge is 0.383 e. The number of hydrogen-bond donors (Lipinski definition) is 1. The zero-order valence-corrected chi connectivity index (χ0v) is 9.37. The number of nitriles is 1. The van der Waals surface area contributed by atoms with E-state index in [1.54, 1.807) is 0 Å². The Labute approximate surface area is 96.6 Å². The Balaban J connectivity index is 2.00. The molecular formula is C14H16N2. The highest BCUT2D eigenvalue weighted by atomic mass is 14.9. The quantitative estimate of drug-likeness (QED) is 0.835. The molecule has 0 bridgehead atoms. The molecule has 0 radical (unpaired) electrons. The minimum absolute atomic E-state index is 0.821. The predicted octanol–water partition coefficient (Wildman–Crippen LogP) is 3.13. The van der Waals surface area contributed by atoms with Crippen LogP contribution in [0.25, 0.3) is 0 Å². The highest BCUT2D eigenvalue weighted by molar-refractivity contribution is 5.29. The third-order valence-electron chi connectivity index (χ3n) is 2.95. The summed E-state index contributed by atoms with van der Waals surface area (Å²) >= 11 is 0. The normalized spacial score (nSPS) is 15.7. The lowest BCUT2D eigenvalue weighted by Crippen LogP contribution is -2.17. The van der Waals surface area contributed by atoms with Crippen LogP contribution in [0.15, 0.2) is 41.6 Å². The molecule has 1 N–H and O–H groups in total. The van der Waals surface area contributed by atoms with Crippen LogP contribution in [-0.2, 0) is 6.54 Å². The van der Waals surface area contributed by atoms with Crippen molar-refractivity contribution in [2.75, 3.05) is 0 Å². The molecule has 1 aromatic rings. The van der Waals surface area contributed by atoms with Gasteiger partial charge in [-0.25, -0.2) is 0 Å².